The van der Waals surface area contributed by atoms with Crippen LogP contribution >= 0.6 is 12.6 Å². The van der Waals surface area contributed by atoms with E-state index in [0.29, 0.717) is 0 Å². The summed E-state index contributed by atoms with van der Waals surface area (Å²) in [5.41, 5.74) is 6.77. The van der Waals surface area contributed by atoms with Gasteiger partial charge in [-0.25, -0.2) is 0 Å². The molecule has 0 aliphatic rings. The van der Waals surface area contributed by atoms with Gasteiger partial charge in [-0.05, 0) is 47.1 Å². The monoisotopic (exact) mass is 332 g/mol. The maximum atomic E-state index is 4.89. The average molecular weight is 333 g/mol. The highest BCUT2D eigenvalue weighted by atomic mass is 32.1. The van der Waals surface area contributed by atoms with Crippen LogP contribution in [0.5, 0.6) is 0 Å². The first-order valence-corrected chi connectivity index (χ1v) is 9.12. The SMILES string of the molecule is CCCc1cc(Cc2ccccc2)c(S)c(Cc2ccccc2)c1. The lowest BCUT2D eigenvalue weighted by Crippen LogP contribution is -1.99. The first-order valence-electron chi connectivity index (χ1n) is 8.67. The molecule has 0 spiro atoms. The molecule has 0 aliphatic carbocycles. The molecule has 0 radical (unpaired) electrons. The smallest absolute Gasteiger partial charge is 0.0111 e. The van der Waals surface area contributed by atoms with Crippen molar-refractivity contribution >= 4 is 12.6 Å². The number of rotatable bonds is 6. The van der Waals surface area contributed by atoms with Gasteiger partial charge in [-0.2, -0.15) is 0 Å². The van der Waals surface area contributed by atoms with Gasteiger partial charge in [0.05, 0.1) is 0 Å². The van der Waals surface area contributed by atoms with Crippen LogP contribution in [0.25, 0.3) is 0 Å². The Balaban J connectivity index is 1.95. The standard InChI is InChI=1S/C23H24S/c1-2-9-20-16-21(14-18-10-5-3-6-11-18)23(24)22(17-20)15-19-12-7-4-8-13-19/h3-8,10-13,16-17,24H,2,9,14-15H2,1H3. The van der Waals surface area contributed by atoms with Crippen molar-refractivity contribution in [3.63, 3.8) is 0 Å². The minimum atomic E-state index is 0.943. The van der Waals surface area contributed by atoms with Crippen molar-refractivity contribution in [1.82, 2.24) is 0 Å². The molecule has 0 saturated carbocycles. The predicted molar refractivity (Wildman–Crippen MR) is 106 cm³/mol. The average Bonchev–Trinajstić information content (AvgIpc) is 2.61. The molecule has 3 aromatic rings. The first kappa shape index (κ1) is 16.9. The lowest BCUT2D eigenvalue weighted by molar-refractivity contribution is 0.906. The fourth-order valence-electron chi connectivity index (χ4n) is 3.17. The summed E-state index contributed by atoms with van der Waals surface area (Å²) in [6, 6.07) is 26.0. The van der Waals surface area contributed by atoms with Crippen LogP contribution in [0.1, 0.15) is 41.2 Å². The van der Waals surface area contributed by atoms with Crippen LogP contribution in [0.2, 0.25) is 0 Å². The summed E-state index contributed by atoms with van der Waals surface area (Å²) in [5.74, 6) is 0. The van der Waals surface area contributed by atoms with E-state index in [0.717, 1.165) is 24.2 Å². The fraction of sp³-hybridized carbons (Fsp3) is 0.217. The number of benzene rings is 3. The Morgan fingerprint density at radius 3 is 1.54 bits per heavy atom. The maximum Gasteiger partial charge on any atom is 0.0111 e. The van der Waals surface area contributed by atoms with Crippen molar-refractivity contribution < 1.29 is 0 Å². The third kappa shape index (κ3) is 4.30. The Morgan fingerprint density at radius 2 is 1.12 bits per heavy atom. The molecular formula is C23H24S. The first-order chi connectivity index (χ1) is 11.8. The van der Waals surface area contributed by atoms with Gasteiger partial charge in [0, 0.05) is 4.90 Å². The minimum Gasteiger partial charge on any atom is -0.143 e. The van der Waals surface area contributed by atoms with E-state index < -0.39 is 0 Å². The zero-order valence-electron chi connectivity index (χ0n) is 14.2. The number of hydrogen-bond donors (Lipinski definition) is 1. The molecule has 0 N–H and O–H groups in total. The van der Waals surface area contributed by atoms with Crippen molar-refractivity contribution in [1.29, 1.82) is 0 Å². The normalized spacial score (nSPS) is 10.8. The van der Waals surface area contributed by atoms with E-state index >= 15 is 0 Å². The molecule has 0 aromatic heterocycles. The van der Waals surface area contributed by atoms with Crippen LogP contribution < -0.4 is 0 Å². The lowest BCUT2D eigenvalue weighted by Gasteiger charge is -2.14. The second-order valence-electron chi connectivity index (χ2n) is 6.34. The molecule has 0 fully saturated rings. The van der Waals surface area contributed by atoms with E-state index in [1.165, 1.54) is 34.2 Å². The molecule has 0 unspecified atom stereocenters. The quantitative estimate of drug-likeness (QED) is 0.517. The van der Waals surface area contributed by atoms with Crippen molar-refractivity contribution in [3.8, 4) is 0 Å². The van der Waals surface area contributed by atoms with Gasteiger partial charge < -0.3 is 0 Å². The van der Waals surface area contributed by atoms with Crippen molar-refractivity contribution in [2.24, 2.45) is 0 Å². The molecule has 0 atom stereocenters. The summed E-state index contributed by atoms with van der Waals surface area (Å²) < 4.78 is 0. The highest BCUT2D eigenvalue weighted by Crippen LogP contribution is 2.27. The van der Waals surface area contributed by atoms with Gasteiger partial charge in [0.15, 0.2) is 0 Å². The van der Waals surface area contributed by atoms with Gasteiger partial charge in [0.2, 0.25) is 0 Å². The van der Waals surface area contributed by atoms with Crippen molar-refractivity contribution in [2.45, 2.75) is 37.5 Å². The van der Waals surface area contributed by atoms with E-state index in [4.69, 9.17) is 12.6 Å². The third-order valence-electron chi connectivity index (χ3n) is 4.34. The van der Waals surface area contributed by atoms with Crippen LogP contribution in [-0.4, -0.2) is 0 Å². The van der Waals surface area contributed by atoms with Crippen LogP contribution in [0.3, 0.4) is 0 Å². The zero-order chi connectivity index (χ0) is 16.8. The summed E-state index contributed by atoms with van der Waals surface area (Å²) in [4.78, 5) is 1.14. The summed E-state index contributed by atoms with van der Waals surface area (Å²) in [5, 5.41) is 0. The molecule has 3 aromatic carbocycles. The second kappa shape index (κ2) is 8.21. The zero-order valence-corrected chi connectivity index (χ0v) is 15.1. The summed E-state index contributed by atoms with van der Waals surface area (Å²) in [6.45, 7) is 2.24. The summed E-state index contributed by atoms with van der Waals surface area (Å²) >= 11 is 4.89. The molecule has 24 heavy (non-hydrogen) atoms. The van der Waals surface area contributed by atoms with Gasteiger partial charge in [-0.1, -0.05) is 86.1 Å². The summed E-state index contributed by atoms with van der Waals surface area (Å²) in [7, 11) is 0. The van der Waals surface area contributed by atoms with Gasteiger partial charge in [-0.3, -0.25) is 0 Å². The Bertz CT molecular complexity index is 713. The molecule has 0 aliphatic heterocycles. The van der Waals surface area contributed by atoms with E-state index in [1.54, 1.807) is 0 Å². The Kier molecular flexibility index (Phi) is 5.77. The highest BCUT2D eigenvalue weighted by Gasteiger charge is 2.10. The number of thiol groups is 1. The molecule has 0 nitrogen and oxygen atoms in total. The van der Waals surface area contributed by atoms with Gasteiger partial charge in [0.25, 0.3) is 0 Å². The van der Waals surface area contributed by atoms with Gasteiger partial charge >= 0.3 is 0 Å². The predicted octanol–water partition coefficient (Wildman–Crippen LogP) is 6.11. The molecule has 1 heteroatoms. The molecule has 0 bridgehead atoms. The lowest BCUT2D eigenvalue weighted by atomic mass is 9.95. The largest absolute Gasteiger partial charge is 0.143 e. The van der Waals surface area contributed by atoms with Crippen LogP contribution in [0.15, 0.2) is 77.7 Å². The van der Waals surface area contributed by atoms with E-state index in [-0.39, 0.29) is 0 Å². The van der Waals surface area contributed by atoms with Gasteiger partial charge in [0.1, 0.15) is 0 Å². The van der Waals surface area contributed by atoms with E-state index in [9.17, 15) is 0 Å². The molecule has 0 saturated heterocycles. The Labute approximate surface area is 151 Å². The number of aryl methyl sites for hydroxylation is 1. The highest BCUT2D eigenvalue weighted by molar-refractivity contribution is 7.80. The van der Waals surface area contributed by atoms with Crippen LogP contribution in [0.4, 0.5) is 0 Å². The van der Waals surface area contributed by atoms with Crippen molar-refractivity contribution in [3.05, 3.63) is 101 Å². The molecule has 122 valence electrons. The molecule has 0 heterocycles. The third-order valence-corrected chi connectivity index (χ3v) is 4.92. The van der Waals surface area contributed by atoms with E-state index in [1.807, 2.05) is 0 Å². The Morgan fingerprint density at radius 1 is 0.667 bits per heavy atom. The minimum absolute atomic E-state index is 0.943. The maximum absolute atomic E-state index is 4.89. The van der Waals surface area contributed by atoms with E-state index in [2.05, 4.69) is 79.7 Å². The summed E-state index contributed by atoms with van der Waals surface area (Å²) in [6.07, 6.45) is 4.18. The van der Waals surface area contributed by atoms with Crippen molar-refractivity contribution in [2.75, 3.05) is 0 Å². The number of hydrogen-bond acceptors (Lipinski definition) is 1. The second-order valence-corrected chi connectivity index (χ2v) is 6.78. The fourth-order valence-corrected chi connectivity index (χ4v) is 3.45. The topological polar surface area (TPSA) is 0 Å². The van der Waals surface area contributed by atoms with Gasteiger partial charge in [-0.15, -0.1) is 12.6 Å². The molecule has 3 rings (SSSR count). The van der Waals surface area contributed by atoms with Crippen LogP contribution in [-0.2, 0) is 19.3 Å². The molecular weight excluding hydrogens is 308 g/mol. The van der Waals surface area contributed by atoms with Crippen LogP contribution in [0, 0.1) is 0 Å². The Hall–Kier alpha value is -1.99. The molecule has 0 amide bonds.